The van der Waals surface area contributed by atoms with Crippen molar-refractivity contribution < 1.29 is 4.79 Å². The molecule has 0 radical (unpaired) electrons. The maximum absolute atomic E-state index is 12.8. The topological polar surface area (TPSA) is 74.2 Å². The molecule has 2 amide bonds. The summed E-state index contributed by atoms with van der Waals surface area (Å²) in [4.78, 5) is 15.1. The third-order valence-corrected chi connectivity index (χ3v) is 5.61. The molecule has 2 aromatic carbocycles. The summed E-state index contributed by atoms with van der Waals surface area (Å²) in [6.07, 6.45) is 0. The Kier molecular flexibility index (Phi) is 6.19. The van der Waals surface area contributed by atoms with Crippen LogP contribution >= 0.6 is 0 Å². The number of hydrogen-bond acceptors (Lipinski definition) is 4. The number of anilines is 3. The van der Waals surface area contributed by atoms with E-state index in [0.717, 1.165) is 43.2 Å². The predicted octanol–water partition coefficient (Wildman–Crippen LogP) is 4.53. The molecule has 3 aromatic rings. The van der Waals surface area contributed by atoms with E-state index in [1.807, 2.05) is 49.4 Å². The zero-order valence-corrected chi connectivity index (χ0v) is 19.3. The lowest BCUT2D eigenvalue weighted by molar-refractivity contribution is 0.262. The van der Waals surface area contributed by atoms with Crippen LogP contribution in [0.5, 0.6) is 0 Å². The molecule has 3 N–H and O–H groups in total. The SMILES string of the molecule is Cc1ccc(-n2nc(C(C)(C)C)cc2NC(=O)Nc2ccc(N3CCNCC3)cc2)cc1. The van der Waals surface area contributed by atoms with Crippen molar-refractivity contribution in [2.45, 2.75) is 33.1 Å². The van der Waals surface area contributed by atoms with Crippen LogP contribution < -0.4 is 20.9 Å². The summed E-state index contributed by atoms with van der Waals surface area (Å²) in [6, 6.07) is 17.7. The molecule has 0 spiro atoms. The fourth-order valence-corrected chi connectivity index (χ4v) is 3.68. The molecular weight excluding hydrogens is 400 g/mol. The van der Waals surface area contributed by atoms with Gasteiger partial charge in [0.25, 0.3) is 0 Å². The van der Waals surface area contributed by atoms with Gasteiger partial charge in [-0.15, -0.1) is 0 Å². The molecule has 7 heteroatoms. The molecule has 1 aliphatic heterocycles. The van der Waals surface area contributed by atoms with Gasteiger partial charge in [-0.1, -0.05) is 38.5 Å². The van der Waals surface area contributed by atoms with E-state index in [4.69, 9.17) is 5.10 Å². The van der Waals surface area contributed by atoms with Gasteiger partial charge in [0.1, 0.15) is 5.82 Å². The molecule has 2 heterocycles. The molecule has 168 valence electrons. The predicted molar refractivity (Wildman–Crippen MR) is 131 cm³/mol. The number of carbonyl (C=O) groups excluding carboxylic acids is 1. The summed E-state index contributed by atoms with van der Waals surface area (Å²) in [5, 5.41) is 14.0. The second-order valence-electron chi connectivity index (χ2n) is 9.28. The lowest BCUT2D eigenvalue weighted by Crippen LogP contribution is -2.43. The quantitative estimate of drug-likeness (QED) is 0.566. The van der Waals surface area contributed by atoms with Crippen LogP contribution in [0.3, 0.4) is 0 Å². The van der Waals surface area contributed by atoms with Crippen molar-refractivity contribution in [2.24, 2.45) is 0 Å². The van der Waals surface area contributed by atoms with Gasteiger partial charge in [0, 0.05) is 49.0 Å². The second kappa shape index (κ2) is 9.04. The summed E-state index contributed by atoms with van der Waals surface area (Å²) >= 11 is 0. The number of aromatic nitrogens is 2. The first-order valence-electron chi connectivity index (χ1n) is 11.1. The van der Waals surface area contributed by atoms with Gasteiger partial charge in [-0.3, -0.25) is 5.32 Å². The molecule has 1 fully saturated rings. The van der Waals surface area contributed by atoms with E-state index in [9.17, 15) is 4.79 Å². The van der Waals surface area contributed by atoms with Crippen LogP contribution in [-0.4, -0.2) is 42.0 Å². The molecule has 0 saturated carbocycles. The number of rotatable bonds is 4. The summed E-state index contributed by atoms with van der Waals surface area (Å²) < 4.78 is 1.78. The van der Waals surface area contributed by atoms with E-state index < -0.39 is 0 Å². The first-order valence-corrected chi connectivity index (χ1v) is 11.1. The maximum atomic E-state index is 12.8. The zero-order chi connectivity index (χ0) is 22.7. The molecule has 0 aliphatic carbocycles. The van der Waals surface area contributed by atoms with Gasteiger partial charge in [0.05, 0.1) is 11.4 Å². The van der Waals surface area contributed by atoms with Crippen LogP contribution in [0.15, 0.2) is 54.6 Å². The van der Waals surface area contributed by atoms with Crippen molar-refractivity contribution >= 4 is 23.2 Å². The highest BCUT2D eigenvalue weighted by molar-refractivity contribution is 5.99. The number of benzene rings is 2. The van der Waals surface area contributed by atoms with E-state index in [2.05, 4.69) is 53.8 Å². The fourth-order valence-electron chi connectivity index (χ4n) is 3.68. The number of piperazine rings is 1. The van der Waals surface area contributed by atoms with Gasteiger partial charge < -0.3 is 15.5 Å². The van der Waals surface area contributed by atoms with Gasteiger partial charge >= 0.3 is 6.03 Å². The Morgan fingerprint density at radius 3 is 2.19 bits per heavy atom. The molecular formula is C25H32N6O. The average Bonchev–Trinajstić information content (AvgIpc) is 3.19. The highest BCUT2D eigenvalue weighted by Crippen LogP contribution is 2.27. The third kappa shape index (κ3) is 5.11. The number of carbonyl (C=O) groups is 1. The van der Waals surface area contributed by atoms with E-state index in [-0.39, 0.29) is 11.4 Å². The van der Waals surface area contributed by atoms with Crippen LogP contribution in [0, 0.1) is 6.92 Å². The molecule has 0 atom stereocenters. The molecule has 1 aromatic heterocycles. The number of amides is 2. The van der Waals surface area contributed by atoms with Gasteiger partial charge in [0.2, 0.25) is 0 Å². The minimum atomic E-state index is -0.298. The van der Waals surface area contributed by atoms with E-state index in [1.54, 1.807) is 4.68 Å². The Labute approximate surface area is 189 Å². The molecule has 1 saturated heterocycles. The Bertz CT molecular complexity index is 1060. The maximum Gasteiger partial charge on any atom is 0.324 e. The standard InChI is InChI=1S/C25H32N6O/c1-18-5-9-21(10-6-18)31-23(17-22(29-31)25(2,3)4)28-24(32)27-19-7-11-20(12-8-19)30-15-13-26-14-16-30/h5-12,17,26H,13-16H2,1-4H3,(H2,27,28,32). The fraction of sp³-hybridized carbons (Fsp3) is 0.360. The largest absolute Gasteiger partial charge is 0.369 e. The summed E-state index contributed by atoms with van der Waals surface area (Å²) in [5.74, 6) is 0.633. The Morgan fingerprint density at radius 1 is 0.938 bits per heavy atom. The molecule has 0 unspecified atom stereocenters. The van der Waals surface area contributed by atoms with Gasteiger partial charge in [-0.25, -0.2) is 9.48 Å². The van der Waals surface area contributed by atoms with Crippen molar-refractivity contribution in [1.29, 1.82) is 0 Å². The minimum Gasteiger partial charge on any atom is -0.369 e. The van der Waals surface area contributed by atoms with Crippen molar-refractivity contribution in [2.75, 3.05) is 41.7 Å². The molecule has 4 rings (SSSR count). The number of urea groups is 1. The van der Waals surface area contributed by atoms with Crippen LogP contribution in [0.4, 0.5) is 22.0 Å². The second-order valence-corrected chi connectivity index (χ2v) is 9.28. The van der Waals surface area contributed by atoms with E-state index in [1.165, 1.54) is 11.3 Å². The van der Waals surface area contributed by atoms with Crippen LogP contribution in [0.25, 0.3) is 5.69 Å². The van der Waals surface area contributed by atoms with Crippen molar-refractivity contribution in [1.82, 2.24) is 15.1 Å². The normalized spacial score (nSPS) is 14.3. The Hall–Kier alpha value is -3.32. The van der Waals surface area contributed by atoms with Crippen molar-refractivity contribution in [3.63, 3.8) is 0 Å². The molecule has 7 nitrogen and oxygen atoms in total. The number of nitrogens with one attached hydrogen (secondary N) is 3. The van der Waals surface area contributed by atoms with Crippen LogP contribution in [-0.2, 0) is 5.41 Å². The average molecular weight is 433 g/mol. The Morgan fingerprint density at radius 2 is 1.56 bits per heavy atom. The smallest absolute Gasteiger partial charge is 0.324 e. The van der Waals surface area contributed by atoms with Crippen molar-refractivity contribution in [3.05, 3.63) is 65.9 Å². The summed E-state index contributed by atoms with van der Waals surface area (Å²) in [7, 11) is 0. The van der Waals surface area contributed by atoms with Gasteiger partial charge in [0.15, 0.2) is 0 Å². The van der Waals surface area contributed by atoms with Gasteiger partial charge in [-0.2, -0.15) is 5.10 Å². The third-order valence-electron chi connectivity index (χ3n) is 5.61. The van der Waals surface area contributed by atoms with Gasteiger partial charge in [-0.05, 0) is 43.3 Å². The summed E-state index contributed by atoms with van der Waals surface area (Å²) in [5.41, 5.74) is 4.77. The highest BCUT2D eigenvalue weighted by atomic mass is 16.2. The van der Waals surface area contributed by atoms with Crippen LogP contribution in [0.2, 0.25) is 0 Å². The molecule has 1 aliphatic rings. The first-order chi connectivity index (χ1) is 15.3. The monoisotopic (exact) mass is 432 g/mol. The lowest BCUT2D eigenvalue weighted by Gasteiger charge is -2.29. The molecule has 32 heavy (non-hydrogen) atoms. The van der Waals surface area contributed by atoms with E-state index >= 15 is 0 Å². The van der Waals surface area contributed by atoms with Crippen LogP contribution in [0.1, 0.15) is 32.0 Å². The highest BCUT2D eigenvalue weighted by Gasteiger charge is 2.21. The van der Waals surface area contributed by atoms with E-state index in [0.29, 0.717) is 5.82 Å². The summed E-state index contributed by atoms with van der Waals surface area (Å²) in [6.45, 7) is 12.4. The zero-order valence-electron chi connectivity index (χ0n) is 19.3. The van der Waals surface area contributed by atoms with Crippen molar-refractivity contribution in [3.8, 4) is 5.69 Å². The molecule has 0 bridgehead atoms. The minimum absolute atomic E-state index is 0.136. The number of nitrogens with zero attached hydrogens (tertiary/aromatic N) is 3. The first kappa shape index (κ1) is 21.9. The Balaban J connectivity index is 1.49. The number of aryl methyl sites for hydroxylation is 1. The lowest BCUT2D eigenvalue weighted by atomic mass is 9.92. The number of hydrogen-bond donors (Lipinski definition) is 3.